The molecule has 1 amide bonds. The molecule has 1 N–H and O–H groups in total. The third-order valence-electron chi connectivity index (χ3n) is 3.72. The average molecular weight is 325 g/mol. The molecule has 2 rings (SSSR count). The van der Waals surface area contributed by atoms with Gasteiger partial charge >= 0.3 is 0 Å². The summed E-state index contributed by atoms with van der Waals surface area (Å²) >= 11 is 3.71. The van der Waals surface area contributed by atoms with Gasteiger partial charge in [0.05, 0.1) is 11.3 Å². The van der Waals surface area contributed by atoms with Crippen LogP contribution in [-0.2, 0) is 0 Å². The van der Waals surface area contributed by atoms with Crippen LogP contribution in [-0.4, -0.2) is 21.8 Å². The van der Waals surface area contributed by atoms with Crippen LogP contribution < -0.4 is 5.32 Å². The summed E-state index contributed by atoms with van der Waals surface area (Å²) in [4.78, 5) is 17.1. The van der Waals surface area contributed by atoms with E-state index in [1.807, 2.05) is 26.0 Å². The Kier molecular flexibility index (Phi) is 4.97. The molecule has 0 bridgehead atoms. The van der Waals surface area contributed by atoms with Crippen LogP contribution >= 0.6 is 15.9 Å². The normalized spacial score (nSPS) is 23.7. The molecule has 4 heteroatoms. The van der Waals surface area contributed by atoms with Gasteiger partial charge in [0.25, 0.3) is 5.91 Å². The molecule has 1 heterocycles. The van der Waals surface area contributed by atoms with E-state index in [1.54, 1.807) is 0 Å². The van der Waals surface area contributed by atoms with Gasteiger partial charge in [-0.25, -0.2) is 0 Å². The fraction of sp³-hybridized carbons (Fsp3) is 0.600. The number of halogens is 1. The molecule has 2 atom stereocenters. The van der Waals surface area contributed by atoms with Crippen molar-refractivity contribution in [3.8, 4) is 0 Å². The van der Waals surface area contributed by atoms with Crippen LogP contribution in [0.2, 0.25) is 0 Å². The molecule has 1 fully saturated rings. The van der Waals surface area contributed by atoms with Gasteiger partial charge in [-0.05, 0) is 38.8 Å². The summed E-state index contributed by atoms with van der Waals surface area (Å²) in [5.74, 6) is 0.00125. The number of carbonyl (C=O) groups is 1. The molecule has 1 aliphatic carbocycles. The van der Waals surface area contributed by atoms with E-state index in [2.05, 4.69) is 26.2 Å². The molecule has 0 radical (unpaired) electrons. The van der Waals surface area contributed by atoms with Gasteiger partial charge in [-0.1, -0.05) is 35.2 Å². The molecule has 104 valence electrons. The first-order valence-corrected chi connectivity index (χ1v) is 7.88. The predicted octanol–water partition coefficient (Wildman–Crippen LogP) is 3.52. The lowest BCUT2D eigenvalue weighted by molar-refractivity contribution is 0.0934. The highest BCUT2D eigenvalue weighted by atomic mass is 79.9. The zero-order valence-corrected chi connectivity index (χ0v) is 13.2. The Morgan fingerprint density at radius 2 is 2.00 bits per heavy atom. The minimum absolute atomic E-state index is 0.00125. The van der Waals surface area contributed by atoms with Crippen molar-refractivity contribution < 1.29 is 4.79 Å². The van der Waals surface area contributed by atoms with Gasteiger partial charge in [-0.3, -0.25) is 9.78 Å². The minimum Gasteiger partial charge on any atom is -0.348 e. The number of nitrogens with zero attached hydrogens (tertiary/aromatic N) is 1. The Morgan fingerprint density at radius 3 is 2.74 bits per heavy atom. The highest BCUT2D eigenvalue weighted by molar-refractivity contribution is 9.09. The second-order valence-corrected chi connectivity index (χ2v) is 6.50. The highest BCUT2D eigenvalue weighted by Gasteiger charge is 2.23. The molecule has 0 aromatic carbocycles. The summed E-state index contributed by atoms with van der Waals surface area (Å²) in [5.41, 5.74) is 2.44. The number of hydrogen-bond acceptors (Lipinski definition) is 2. The molecule has 3 nitrogen and oxygen atoms in total. The average Bonchev–Trinajstić information content (AvgIpc) is 2.55. The Morgan fingerprint density at radius 1 is 1.26 bits per heavy atom. The van der Waals surface area contributed by atoms with Crippen LogP contribution in [0.25, 0.3) is 0 Å². The fourth-order valence-corrected chi connectivity index (χ4v) is 3.32. The molecule has 1 aliphatic rings. The zero-order valence-electron chi connectivity index (χ0n) is 11.6. The second-order valence-electron chi connectivity index (χ2n) is 5.32. The molecule has 0 aliphatic heterocycles. The highest BCUT2D eigenvalue weighted by Crippen LogP contribution is 2.24. The first-order chi connectivity index (χ1) is 9.08. The third-order valence-corrected chi connectivity index (χ3v) is 4.81. The molecule has 2 unspecified atom stereocenters. The van der Waals surface area contributed by atoms with Crippen LogP contribution in [0.3, 0.4) is 0 Å². The molecule has 19 heavy (non-hydrogen) atoms. The minimum atomic E-state index is 0.00125. The lowest BCUT2D eigenvalue weighted by atomic mass is 10.1. The van der Waals surface area contributed by atoms with Gasteiger partial charge in [0.15, 0.2) is 0 Å². The van der Waals surface area contributed by atoms with Gasteiger partial charge < -0.3 is 5.32 Å². The summed E-state index contributed by atoms with van der Waals surface area (Å²) in [6.45, 7) is 3.83. The number of pyridine rings is 1. The van der Waals surface area contributed by atoms with Gasteiger partial charge in [-0.2, -0.15) is 0 Å². The van der Waals surface area contributed by atoms with Crippen LogP contribution in [0.4, 0.5) is 0 Å². The number of nitrogens with one attached hydrogen (secondary N) is 1. The van der Waals surface area contributed by atoms with Crippen molar-refractivity contribution in [2.45, 2.75) is 56.8 Å². The largest absolute Gasteiger partial charge is 0.348 e. The predicted molar refractivity (Wildman–Crippen MR) is 80.8 cm³/mol. The van der Waals surface area contributed by atoms with Gasteiger partial charge in [-0.15, -0.1) is 0 Å². The van der Waals surface area contributed by atoms with Crippen molar-refractivity contribution in [2.24, 2.45) is 0 Å². The molecule has 1 saturated carbocycles. The number of aromatic nitrogens is 1. The number of amides is 1. The van der Waals surface area contributed by atoms with Crippen LogP contribution in [0, 0.1) is 13.8 Å². The Labute approximate surface area is 123 Å². The van der Waals surface area contributed by atoms with E-state index in [4.69, 9.17) is 0 Å². The van der Waals surface area contributed by atoms with Crippen LogP contribution in [0.15, 0.2) is 12.1 Å². The number of rotatable bonds is 2. The van der Waals surface area contributed by atoms with E-state index in [1.165, 1.54) is 19.3 Å². The lowest BCUT2D eigenvalue weighted by Gasteiger charge is -2.21. The lowest BCUT2D eigenvalue weighted by Crippen LogP contribution is -2.40. The van der Waals surface area contributed by atoms with E-state index in [-0.39, 0.29) is 11.9 Å². The standard InChI is InChI=1S/C15H21BrN2O/c1-10-8-9-12(11(2)17-10)15(19)18-14-7-5-3-4-6-13(14)16/h8-9,13-14H,3-7H2,1-2H3,(H,18,19). The number of hydrogen-bond donors (Lipinski definition) is 1. The Hall–Kier alpha value is -0.900. The second kappa shape index (κ2) is 6.51. The van der Waals surface area contributed by atoms with E-state index in [9.17, 15) is 4.79 Å². The van der Waals surface area contributed by atoms with E-state index < -0.39 is 0 Å². The SMILES string of the molecule is Cc1ccc(C(=O)NC2CCCCCC2Br)c(C)n1. The molecule has 0 spiro atoms. The Balaban J connectivity index is 2.07. The van der Waals surface area contributed by atoms with Crippen LogP contribution in [0.5, 0.6) is 0 Å². The monoisotopic (exact) mass is 324 g/mol. The summed E-state index contributed by atoms with van der Waals surface area (Å²) in [5, 5.41) is 3.16. The van der Waals surface area contributed by atoms with Gasteiger partial charge in [0, 0.05) is 16.6 Å². The van der Waals surface area contributed by atoms with Crippen molar-refractivity contribution in [1.29, 1.82) is 0 Å². The topological polar surface area (TPSA) is 42.0 Å². The van der Waals surface area contributed by atoms with Gasteiger partial charge in [0.2, 0.25) is 0 Å². The first-order valence-electron chi connectivity index (χ1n) is 6.97. The molecular weight excluding hydrogens is 304 g/mol. The smallest absolute Gasteiger partial charge is 0.253 e. The summed E-state index contributed by atoms with van der Waals surface area (Å²) in [7, 11) is 0. The van der Waals surface area contributed by atoms with Crippen molar-refractivity contribution in [3.63, 3.8) is 0 Å². The maximum Gasteiger partial charge on any atom is 0.253 e. The van der Waals surface area contributed by atoms with Crippen molar-refractivity contribution in [2.75, 3.05) is 0 Å². The summed E-state index contributed by atoms with van der Waals surface area (Å²) < 4.78 is 0. The number of carbonyl (C=O) groups excluding carboxylic acids is 1. The molecule has 1 aromatic rings. The summed E-state index contributed by atoms with van der Waals surface area (Å²) in [6, 6.07) is 3.99. The van der Waals surface area contributed by atoms with Crippen molar-refractivity contribution >= 4 is 21.8 Å². The fourth-order valence-electron chi connectivity index (χ4n) is 2.60. The third kappa shape index (κ3) is 3.78. The maximum atomic E-state index is 12.3. The Bertz CT molecular complexity index is 461. The van der Waals surface area contributed by atoms with Crippen molar-refractivity contribution in [3.05, 3.63) is 29.1 Å². The first kappa shape index (κ1) is 14.5. The number of aryl methyl sites for hydroxylation is 2. The summed E-state index contributed by atoms with van der Waals surface area (Å²) in [6.07, 6.45) is 5.89. The van der Waals surface area contributed by atoms with Gasteiger partial charge in [0.1, 0.15) is 0 Å². The maximum absolute atomic E-state index is 12.3. The zero-order chi connectivity index (χ0) is 13.8. The van der Waals surface area contributed by atoms with Crippen molar-refractivity contribution in [1.82, 2.24) is 10.3 Å². The van der Waals surface area contributed by atoms with E-state index in [0.717, 1.165) is 24.2 Å². The molecule has 1 aromatic heterocycles. The molecule has 0 saturated heterocycles. The quantitative estimate of drug-likeness (QED) is 0.668. The van der Waals surface area contributed by atoms with E-state index in [0.29, 0.717) is 10.4 Å². The number of alkyl halides is 1. The van der Waals surface area contributed by atoms with Crippen LogP contribution in [0.1, 0.15) is 53.8 Å². The van der Waals surface area contributed by atoms with E-state index >= 15 is 0 Å². The molecular formula is C15H21BrN2O.